The Labute approximate surface area is 117 Å². The van der Waals surface area contributed by atoms with Gasteiger partial charge in [-0.15, -0.1) is 0 Å². The zero-order chi connectivity index (χ0) is 14.6. The van der Waals surface area contributed by atoms with Crippen LogP contribution in [-0.2, 0) is 19.6 Å². The molecule has 0 fully saturated rings. The minimum Gasteiger partial charge on any atom is -0.469 e. The lowest BCUT2D eigenvalue weighted by atomic mass is 10.3. The number of rotatable bonds is 5. The van der Waals surface area contributed by atoms with Crippen LogP contribution in [0.1, 0.15) is 6.42 Å². The van der Waals surface area contributed by atoms with E-state index >= 15 is 0 Å². The van der Waals surface area contributed by atoms with Crippen molar-refractivity contribution in [2.24, 2.45) is 0 Å². The molecule has 1 aromatic carbocycles. The Hall–Kier alpha value is -1.31. The number of nitrogen functional groups attached to an aromatic ring is 1. The first-order valence-electron chi connectivity index (χ1n) is 5.37. The van der Waals surface area contributed by atoms with Gasteiger partial charge in [-0.05, 0) is 18.2 Å². The molecule has 0 saturated heterocycles. The number of hydrogen-bond acceptors (Lipinski definition) is 5. The van der Waals surface area contributed by atoms with E-state index in [1.807, 2.05) is 0 Å². The molecule has 19 heavy (non-hydrogen) atoms. The van der Waals surface area contributed by atoms with Crippen molar-refractivity contribution in [1.29, 1.82) is 0 Å². The van der Waals surface area contributed by atoms with Crippen LogP contribution >= 0.6 is 11.6 Å². The number of hydrogen-bond donors (Lipinski definition) is 1. The molecule has 8 heteroatoms. The summed E-state index contributed by atoms with van der Waals surface area (Å²) in [4.78, 5) is 11.0. The van der Waals surface area contributed by atoms with Crippen molar-refractivity contribution in [3.8, 4) is 0 Å². The molecule has 0 unspecified atom stereocenters. The predicted octanol–water partition coefficient (Wildman–Crippen LogP) is 1.11. The van der Waals surface area contributed by atoms with Gasteiger partial charge in [0.15, 0.2) is 0 Å². The van der Waals surface area contributed by atoms with E-state index in [9.17, 15) is 13.2 Å². The Morgan fingerprint density at radius 1 is 1.47 bits per heavy atom. The molecule has 0 bridgehead atoms. The number of carbonyl (C=O) groups is 1. The van der Waals surface area contributed by atoms with E-state index in [1.54, 1.807) is 0 Å². The minimum atomic E-state index is -3.75. The van der Waals surface area contributed by atoms with Crippen molar-refractivity contribution < 1.29 is 17.9 Å². The van der Waals surface area contributed by atoms with E-state index in [1.165, 1.54) is 32.4 Å². The van der Waals surface area contributed by atoms with Crippen LogP contribution in [0.25, 0.3) is 0 Å². The van der Waals surface area contributed by atoms with Gasteiger partial charge in [-0.2, -0.15) is 0 Å². The Morgan fingerprint density at radius 3 is 2.63 bits per heavy atom. The lowest BCUT2D eigenvalue weighted by Gasteiger charge is -2.17. The molecule has 0 radical (unpaired) electrons. The minimum absolute atomic E-state index is 0.00963. The quantitative estimate of drug-likeness (QED) is 0.650. The van der Waals surface area contributed by atoms with E-state index in [2.05, 4.69) is 4.74 Å². The summed E-state index contributed by atoms with van der Waals surface area (Å²) >= 11 is 5.87. The fraction of sp³-hybridized carbons (Fsp3) is 0.364. The van der Waals surface area contributed by atoms with Gasteiger partial charge in [-0.3, -0.25) is 4.79 Å². The van der Waals surface area contributed by atoms with Gasteiger partial charge in [0.25, 0.3) is 0 Å². The largest absolute Gasteiger partial charge is 0.469 e. The molecule has 0 aromatic heterocycles. The van der Waals surface area contributed by atoms with Gasteiger partial charge in [0, 0.05) is 19.3 Å². The number of sulfonamides is 1. The molecule has 2 N–H and O–H groups in total. The summed E-state index contributed by atoms with van der Waals surface area (Å²) in [5, 5.41) is 0.0462. The number of nitrogens with zero attached hydrogens (tertiary/aromatic N) is 1. The summed E-state index contributed by atoms with van der Waals surface area (Å²) in [6.07, 6.45) is -0.0289. The van der Waals surface area contributed by atoms with Gasteiger partial charge in [-0.25, -0.2) is 12.7 Å². The predicted molar refractivity (Wildman–Crippen MR) is 72.3 cm³/mol. The summed E-state index contributed by atoms with van der Waals surface area (Å²) in [5.74, 6) is -0.481. The average Bonchev–Trinajstić information content (AvgIpc) is 2.34. The van der Waals surface area contributed by atoms with Crippen LogP contribution in [0.4, 0.5) is 5.69 Å². The third-order valence-corrected chi connectivity index (χ3v) is 4.84. The van der Waals surface area contributed by atoms with Gasteiger partial charge < -0.3 is 10.5 Å². The number of nitrogens with two attached hydrogens (primary N) is 1. The van der Waals surface area contributed by atoms with Gasteiger partial charge in [0.05, 0.1) is 18.6 Å². The van der Waals surface area contributed by atoms with Crippen molar-refractivity contribution >= 4 is 33.3 Å². The van der Waals surface area contributed by atoms with Crippen molar-refractivity contribution in [1.82, 2.24) is 4.31 Å². The second kappa shape index (κ2) is 6.23. The lowest BCUT2D eigenvalue weighted by Crippen LogP contribution is -2.29. The Morgan fingerprint density at radius 2 is 2.11 bits per heavy atom. The van der Waals surface area contributed by atoms with Crippen molar-refractivity contribution in [2.75, 3.05) is 26.4 Å². The Kier molecular flexibility index (Phi) is 5.16. The molecule has 0 aliphatic heterocycles. The number of ether oxygens (including phenoxy) is 1. The summed E-state index contributed by atoms with van der Waals surface area (Å²) < 4.78 is 29.9. The summed E-state index contributed by atoms with van der Waals surface area (Å²) in [6.45, 7) is 0.00963. The number of anilines is 1. The van der Waals surface area contributed by atoms with Crippen molar-refractivity contribution in [3.05, 3.63) is 23.2 Å². The summed E-state index contributed by atoms with van der Waals surface area (Å²) in [6, 6.07) is 4.15. The van der Waals surface area contributed by atoms with Crippen LogP contribution in [0, 0.1) is 0 Å². The van der Waals surface area contributed by atoms with Crippen LogP contribution in [-0.4, -0.2) is 39.4 Å². The molecule has 0 amide bonds. The molecule has 106 valence electrons. The molecule has 0 aliphatic rings. The van der Waals surface area contributed by atoms with E-state index in [4.69, 9.17) is 17.3 Å². The molecule has 0 aliphatic carbocycles. The number of benzene rings is 1. The lowest BCUT2D eigenvalue weighted by molar-refractivity contribution is -0.140. The number of halogens is 1. The maximum Gasteiger partial charge on any atom is 0.306 e. The van der Waals surface area contributed by atoms with E-state index < -0.39 is 16.0 Å². The maximum absolute atomic E-state index is 12.2. The van der Waals surface area contributed by atoms with Crippen molar-refractivity contribution in [2.45, 2.75) is 11.3 Å². The topological polar surface area (TPSA) is 89.7 Å². The smallest absolute Gasteiger partial charge is 0.306 e. The molecule has 6 nitrogen and oxygen atoms in total. The average molecular weight is 307 g/mol. The van der Waals surface area contributed by atoms with Crippen LogP contribution in [0.5, 0.6) is 0 Å². The standard InChI is InChI=1S/C11H15ClN2O4S/c1-14(6-5-11(15)18-2)19(16,17)10-4-3-8(13)7-9(10)12/h3-4,7H,5-6,13H2,1-2H3. The van der Waals surface area contributed by atoms with E-state index in [0.29, 0.717) is 5.69 Å². The Balaban J connectivity index is 2.94. The first kappa shape index (κ1) is 15.7. The first-order valence-corrected chi connectivity index (χ1v) is 7.19. The highest BCUT2D eigenvalue weighted by atomic mass is 35.5. The number of esters is 1. The molecular weight excluding hydrogens is 292 g/mol. The van der Waals surface area contributed by atoms with Crippen molar-refractivity contribution in [3.63, 3.8) is 0 Å². The molecular formula is C11H15ClN2O4S. The monoisotopic (exact) mass is 306 g/mol. The highest BCUT2D eigenvalue weighted by Gasteiger charge is 2.24. The van der Waals surface area contributed by atoms with Crippen LogP contribution in [0.15, 0.2) is 23.1 Å². The highest BCUT2D eigenvalue weighted by Crippen LogP contribution is 2.26. The normalized spacial score (nSPS) is 11.6. The Bertz CT molecular complexity index is 574. The van der Waals surface area contributed by atoms with Crippen LogP contribution < -0.4 is 5.73 Å². The first-order chi connectivity index (χ1) is 8.78. The fourth-order valence-corrected chi connectivity index (χ4v) is 3.06. The number of methoxy groups -OCH3 is 1. The second-order valence-electron chi connectivity index (χ2n) is 3.84. The zero-order valence-corrected chi connectivity index (χ0v) is 12.2. The number of carbonyl (C=O) groups excluding carboxylic acids is 1. The third-order valence-electron chi connectivity index (χ3n) is 2.50. The summed E-state index contributed by atoms with van der Waals surface area (Å²) in [7, 11) is -1.14. The molecule has 0 saturated carbocycles. The molecule has 1 rings (SSSR count). The molecule has 0 spiro atoms. The third kappa shape index (κ3) is 3.82. The van der Waals surface area contributed by atoms with Gasteiger partial charge in [0.1, 0.15) is 4.90 Å². The maximum atomic E-state index is 12.2. The van der Waals surface area contributed by atoms with Crippen LogP contribution in [0.2, 0.25) is 5.02 Å². The SMILES string of the molecule is COC(=O)CCN(C)S(=O)(=O)c1ccc(N)cc1Cl. The van der Waals surface area contributed by atoms with Gasteiger partial charge >= 0.3 is 5.97 Å². The van der Waals surface area contributed by atoms with E-state index in [-0.39, 0.29) is 22.9 Å². The zero-order valence-electron chi connectivity index (χ0n) is 10.6. The summed E-state index contributed by atoms with van der Waals surface area (Å²) in [5.41, 5.74) is 5.89. The fourth-order valence-electron chi connectivity index (χ4n) is 1.37. The van der Waals surface area contributed by atoms with Gasteiger partial charge in [0.2, 0.25) is 10.0 Å². The molecule has 1 aromatic rings. The second-order valence-corrected chi connectivity index (χ2v) is 6.26. The molecule has 0 heterocycles. The molecule has 0 atom stereocenters. The van der Waals surface area contributed by atoms with Crippen LogP contribution in [0.3, 0.4) is 0 Å². The highest BCUT2D eigenvalue weighted by molar-refractivity contribution is 7.89. The van der Waals surface area contributed by atoms with Gasteiger partial charge in [-0.1, -0.05) is 11.6 Å². The van der Waals surface area contributed by atoms with E-state index in [0.717, 1.165) is 4.31 Å².